The van der Waals surface area contributed by atoms with Crippen molar-refractivity contribution >= 4 is 0 Å². The molecule has 0 radical (unpaired) electrons. The third-order valence-electron chi connectivity index (χ3n) is 5.63. The van der Waals surface area contributed by atoms with E-state index in [9.17, 15) is 10.2 Å². The summed E-state index contributed by atoms with van der Waals surface area (Å²) in [6.07, 6.45) is 3.05. The number of phenols is 1. The fraction of sp³-hybridized carbons (Fsp3) is 0.500. The topological polar surface area (TPSA) is 56.2 Å². The zero-order chi connectivity index (χ0) is 20.5. The Labute approximate surface area is 174 Å². The number of aliphatic hydroxyl groups is 1. The highest BCUT2D eigenvalue weighted by molar-refractivity contribution is 5.41. The van der Waals surface area contributed by atoms with Crippen molar-refractivity contribution in [2.75, 3.05) is 39.4 Å². The van der Waals surface area contributed by atoms with Gasteiger partial charge in [-0.1, -0.05) is 36.4 Å². The Kier molecular flexibility index (Phi) is 8.35. The van der Waals surface area contributed by atoms with Gasteiger partial charge >= 0.3 is 0 Å². The first kappa shape index (κ1) is 21.6. The predicted molar refractivity (Wildman–Crippen MR) is 116 cm³/mol. The summed E-state index contributed by atoms with van der Waals surface area (Å²) in [7, 11) is 0. The maximum Gasteiger partial charge on any atom is 0.161 e. The van der Waals surface area contributed by atoms with Gasteiger partial charge in [0.2, 0.25) is 0 Å². The lowest BCUT2D eigenvalue weighted by atomic mass is 10.1. The number of aliphatic hydroxyl groups excluding tert-OH is 1. The van der Waals surface area contributed by atoms with Gasteiger partial charge in [0.1, 0.15) is 0 Å². The number of phenolic OH excluding ortho intramolecular Hbond substituents is 1. The van der Waals surface area contributed by atoms with Gasteiger partial charge in [0, 0.05) is 38.8 Å². The summed E-state index contributed by atoms with van der Waals surface area (Å²) in [5.74, 6) is 0.744. The predicted octanol–water partition coefficient (Wildman–Crippen LogP) is 3.29. The van der Waals surface area contributed by atoms with E-state index in [1.807, 2.05) is 19.1 Å². The molecule has 1 saturated heterocycles. The Balaban J connectivity index is 1.53. The van der Waals surface area contributed by atoms with E-state index in [-0.39, 0.29) is 12.4 Å². The molecular weight excluding hydrogens is 364 g/mol. The second-order valence-corrected chi connectivity index (χ2v) is 7.76. The molecule has 5 nitrogen and oxygen atoms in total. The molecule has 158 valence electrons. The first-order valence-electron chi connectivity index (χ1n) is 10.8. The molecule has 0 bridgehead atoms. The number of hydrogen-bond donors (Lipinski definition) is 2. The van der Waals surface area contributed by atoms with Gasteiger partial charge in [-0.15, -0.1) is 0 Å². The van der Waals surface area contributed by atoms with Crippen molar-refractivity contribution in [3.63, 3.8) is 0 Å². The second kappa shape index (κ2) is 11.2. The largest absolute Gasteiger partial charge is 0.504 e. The number of benzene rings is 2. The molecule has 2 aromatic rings. The fourth-order valence-corrected chi connectivity index (χ4v) is 4.14. The lowest BCUT2D eigenvalue weighted by Crippen LogP contribution is -2.53. The van der Waals surface area contributed by atoms with Crippen LogP contribution < -0.4 is 4.74 Å². The lowest BCUT2D eigenvalue weighted by molar-refractivity contribution is 0.0546. The average molecular weight is 399 g/mol. The summed E-state index contributed by atoms with van der Waals surface area (Å²) in [4.78, 5) is 4.98. The van der Waals surface area contributed by atoms with E-state index in [0.717, 1.165) is 57.5 Å². The zero-order valence-electron chi connectivity index (χ0n) is 17.5. The van der Waals surface area contributed by atoms with E-state index >= 15 is 0 Å². The van der Waals surface area contributed by atoms with Gasteiger partial charge in [-0.3, -0.25) is 9.80 Å². The molecule has 0 spiro atoms. The van der Waals surface area contributed by atoms with E-state index in [1.165, 1.54) is 5.56 Å². The van der Waals surface area contributed by atoms with E-state index in [2.05, 4.69) is 40.1 Å². The minimum Gasteiger partial charge on any atom is -0.504 e. The van der Waals surface area contributed by atoms with Crippen molar-refractivity contribution in [2.24, 2.45) is 0 Å². The monoisotopic (exact) mass is 398 g/mol. The third kappa shape index (κ3) is 6.46. The van der Waals surface area contributed by atoms with Crippen LogP contribution in [0.25, 0.3) is 0 Å². The van der Waals surface area contributed by atoms with Crippen LogP contribution >= 0.6 is 0 Å². The Bertz CT molecular complexity index is 738. The molecule has 5 heteroatoms. The van der Waals surface area contributed by atoms with Crippen LogP contribution in [0.5, 0.6) is 11.5 Å². The van der Waals surface area contributed by atoms with Crippen LogP contribution in [0.15, 0.2) is 48.5 Å². The molecular formula is C24H34N2O3. The van der Waals surface area contributed by atoms with Gasteiger partial charge in [0.05, 0.1) is 6.61 Å². The van der Waals surface area contributed by atoms with Crippen molar-refractivity contribution in [3.05, 3.63) is 59.7 Å². The second-order valence-electron chi connectivity index (χ2n) is 7.76. The Morgan fingerprint density at radius 2 is 1.90 bits per heavy atom. The van der Waals surface area contributed by atoms with Crippen LogP contribution in [0, 0.1) is 0 Å². The molecule has 0 unspecified atom stereocenters. The van der Waals surface area contributed by atoms with Crippen LogP contribution in [0.3, 0.4) is 0 Å². The summed E-state index contributed by atoms with van der Waals surface area (Å²) >= 11 is 0. The van der Waals surface area contributed by atoms with Crippen LogP contribution in [0.2, 0.25) is 0 Å². The zero-order valence-corrected chi connectivity index (χ0v) is 17.5. The molecule has 0 aromatic heterocycles. The van der Waals surface area contributed by atoms with Gasteiger partial charge in [0.25, 0.3) is 0 Å². The number of hydrogen-bond acceptors (Lipinski definition) is 5. The van der Waals surface area contributed by atoms with Crippen LogP contribution in [-0.2, 0) is 13.0 Å². The standard InChI is InChI=1S/C24H34N2O3/c1-2-29-24-17-21(10-11-23(24)28)18-25-14-15-26(22(19-25)12-16-27)13-6-9-20-7-4-3-5-8-20/h3-5,7-8,10-11,17,22,27-28H,2,6,9,12-16,18-19H2,1H3/t22-/m1/s1. The summed E-state index contributed by atoms with van der Waals surface area (Å²) in [6, 6.07) is 16.6. The highest BCUT2D eigenvalue weighted by Crippen LogP contribution is 2.28. The molecule has 0 saturated carbocycles. The number of aromatic hydroxyl groups is 1. The van der Waals surface area contributed by atoms with Gasteiger partial charge in [0.15, 0.2) is 11.5 Å². The first-order valence-corrected chi connectivity index (χ1v) is 10.8. The van der Waals surface area contributed by atoms with E-state index in [0.29, 0.717) is 18.4 Å². The first-order chi connectivity index (χ1) is 14.2. The Morgan fingerprint density at radius 3 is 2.66 bits per heavy atom. The normalized spacial score (nSPS) is 18.1. The minimum atomic E-state index is 0.192. The molecule has 1 aliphatic heterocycles. The maximum absolute atomic E-state index is 9.91. The molecule has 1 aliphatic rings. The Morgan fingerprint density at radius 1 is 1.07 bits per heavy atom. The maximum atomic E-state index is 9.91. The fourth-order valence-electron chi connectivity index (χ4n) is 4.14. The number of rotatable bonds is 10. The van der Waals surface area contributed by atoms with Crippen LogP contribution in [0.1, 0.15) is 30.9 Å². The number of nitrogens with zero attached hydrogens (tertiary/aromatic N) is 2. The van der Waals surface area contributed by atoms with E-state index < -0.39 is 0 Å². The molecule has 2 N–H and O–H groups in total. The molecule has 0 amide bonds. The number of ether oxygens (including phenoxy) is 1. The molecule has 1 atom stereocenters. The molecule has 0 aliphatic carbocycles. The third-order valence-corrected chi connectivity index (χ3v) is 5.63. The molecule has 3 rings (SSSR count). The van der Waals surface area contributed by atoms with Crippen molar-refractivity contribution in [1.29, 1.82) is 0 Å². The minimum absolute atomic E-state index is 0.192. The summed E-state index contributed by atoms with van der Waals surface area (Å²) < 4.78 is 5.51. The van der Waals surface area contributed by atoms with Gasteiger partial charge in [-0.2, -0.15) is 0 Å². The van der Waals surface area contributed by atoms with Crippen LogP contribution in [-0.4, -0.2) is 65.4 Å². The highest BCUT2D eigenvalue weighted by Gasteiger charge is 2.26. The molecule has 29 heavy (non-hydrogen) atoms. The average Bonchev–Trinajstić information content (AvgIpc) is 2.73. The molecule has 1 heterocycles. The number of piperazine rings is 1. The van der Waals surface area contributed by atoms with Crippen molar-refractivity contribution in [1.82, 2.24) is 9.80 Å². The van der Waals surface area contributed by atoms with Gasteiger partial charge < -0.3 is 14.9 Å². The van der Waals surface area contributed by atoms with E-state index in [1.54, 1.807) is 6.07 Å². The SMILES string of the molecule is CCOc1cc(CN2CCN(CCCc3ccccc3)[C@H](CCO)C2)ccc1O. The van der Waals surface area contributed by atoms with E-state index in [4.69, 9.17) is 4.74 Å². The summed E-state index contributed by atoms with van der Waals surface area (Å²) in [5.41, 5.74) is 2.54. The van der Waals surface area contributed by atoms with Gasteiger partial charge in [-0.25, -0.2) is 0 Å². The Hall–Kier alpha value is -2.08. The highest BCUT2D eigenvalue weighted by atomic mass is 16.5. The van der Waals surface area contributed by atoms with Crippen molar-refractivity contribution < 1.29 is 14.9 Å². The molecule has 2 aromatic carbocycles. The number of aryl methyl sites for hydroxylation is 1. The van der Waals surface area contributed by atoms with Gasteiger partial charge in [-0.05, 0) is 56.0 Å². The smallest absolute Gasteiger partial charge is 0.161 e. The lowest BCUT2D eigenvalue weighted by Gasteiger charge is -2.41. The quantitative estimate of drug-likeness (QED) is 0.643. The molecule has 1 fully saturated rings. The van der Waals surface area contributed by atoms with Crippen LogP contribution in [0.4, 0.5) is 0 Å². The summed E-state index contributed by atoms with van der Waals surface area (Å²) in [5, 5.41) is 19.5. The van der Waals surface area contributed by atoms with Crippen molar-refractivity contribution in [3.8, 4) is 11.5 Å². The van der Waals surface area contributed by atoms with Crippen molar-refractivity contribution in [2.45, 2.75) is 38.8 Å². The summed E-state index contributed by atoms with van der Waals surface area (Å²) in [6.45, 7) is 7.58.